The van der Waals surface area contributed by atoms with Gasteiger partial charge in [0.25, 0.3) is 5.91 Å². The van der Waals surface area contributed by atoms with Crippen molar-refractivity contribution in [1.82, 2.24) is 14.9 Å². The quantitative estimate of drug-likeness (QED) is 0.598. The van der Waals surface area contributed by atoms with Gasteiger partial charge in [0.1, 0.15) is 24.5 Å². The maximum absolute atomic E-state index is 13.9. The number of halogens is 3. The van der Waals surface area contributed by atoms with E-state index in [0.717, 1.165) is 28.5 Å². The molecular weight excluding hydrogens is 505 g/mol. The third-order valence-corrected chi connectivity index (χ3v) is 7.86. The second-order valence-electron chi connectivity index (χ2n) is 8.84. The monoisotopic (exact) mass is 528 g/mol. The molecule has 0 unspecified atom stereocenters. The Hall–Kier alpha value is -3.46. The first-order valence-electron chi connectivity index (χ1n) is 11.6. The summed E-state index contributed by atoms with van der Waals surface area (Å²) in [6.07, 6.45) is -1.51. The molecule has 1 N–H and O–H groups in total. The predicted octanol–water partition coefficient (Wildman–Crippen LogP) is 4.84. The van der Waals surface area contributed by atoms with Crippen LogP contribution in [-0.4, -0.2) is 58.0 Å². The number of thioether (sulfide) groups is 1. The van der Waals surface area contributed by atoms with Crippen LogP contribution in [0.25, 0.3) is 0 Å². The average molecular weight is 529 g/mol. The van der Waals surface area contributed by atoms with Gasteiger partial charge >= 0.3 is 6.18 Å². The minimum Gasteiger partial charge on any atom is -0.507 e. The van der Waals surface area contributed by atoms with Crippen molar-refractivity contribution in [3.63, 3.8) is 0 Å². The highest BCUT2D eigenvalue weighted by Crippen LogP contribution is 2.46. The van der Waals surface area contributed by atoms with Crippen LogP contribution in [0.5, 0.6) is 0 Å². The Balaban J connectivity index is 1.76. The summed E-state index contributed by atoms with van der Waals surface area (Å²) in [4.78, 5) is 14.9. The van der Waals surface area contributed by atoms with Crippen molar-refractivity contribution < 1.29 is 27.8 Å². The first kappa shape index (κ1) is 25.2. The van der Waals surface area contributed by atoms with Gasteiger partial charge in [-0.1, -0.05) is 36.4 Å². The van der Waals surface area contributed by atoms with Crippen molar-refractivity contribution in [2.24, 2.45) is 0 Å². The minimum absolute atomic E-state index is 0.144. The van der Waals surface area contributed by atoms with Gasteiger partial charge in [-0.3, -0.25) is 9.80 Å². The third kappa shape index (κ3) is 4.45. The number of rotatable bonds is 2. The first-order chi connectivity index (χ1) is 17.7. The number of aliphatic hydroxyl groups is 1. The maximum atomic E-state index is 13.9. The molecule has 0 bridgehead atoms. The molecule has 1 amide bonds. The molecule has 0 spiro atoms. The molecule has 1 fully saturated rings. The molecule has 11 heteroatoms. The lowest BCUT2D eigenvalue weighted by Gasteiger charge is -2.49. The first-order valence-corrected chi connectivity index (χ1v) is 12.5. The number of amides is 1. The normalized spacial score (nSPS) is 22.1. The second kappa shape index (κ2) is 9.78. The number of hydrogen-bond donors (Lipinski definition) is 1. The van der Waals surface area contributed by atoms with Crippen molar-refractivity contribution in [2.75, 3.05) is 19.9 Å². The van der Waals surface area contributed by atoms with Crippen LogP contribution < -0.4 is 0 Å². The Morgan fingerprint density at radius 1 is 1.19 bits per heavy atom. The Kier molecular flexibility index (Phi) is 6.66. The van der Waals surface area contributed by atoms with E-state index in [1.165, 1.54) is 23.0 Å². The van der Waals surface area contributed by atoms with Crippen molar-refractivity contribution in [2.45, 2.75) is 35.8 Å². The fourth-order valence-electron chi connectivity index (χ4n) is 4.77. The van der Waals surface area contributed by atoms with Crippen molar-refractivity contribution in [1.29, 1.82) is 5.26 Å². The van der Waals surface area contributed by atoms with E-state index < -0.39 is 36.6 Å². The third-order valence-electron chi connectivity index (χ3n) is 6.66. The number of alkyl halides is 3. The van der Waals surface area contributed by atoms with Crippen molar-refractivity contribution >= 4 is 17.7 Å². The van der Waals surface area contributed by atoms with Gasteiger partial charge in [0.2, 0.25) is 0 Å². The highest BCUT2D eigenvalue weighted by Gasteiger charge is 2.49. The van der Waals surface area contributed by atoms with E-state index in [0.29, 0.717) is 16.2 Å². The Morgan fingerprint density at radius 2 is 1.95 bits per heavy atom. The van der Waals surface area contributed by atoms with E-state index in [4.69, 9.17) is 4.74 Å². The van der Waals surface area contributed by atoms with Crippen LogP contribution in [-0.2, 0) is 15.3 Å². The van der Waals surface area contributed by atoms with E-state index in [2.05, 4.69) is 6.07 Å². The molecule has 192 valence electrons. The van der Waals surface area contributed by atoms with Gasteiger partial charge in [0.05, 0.1) is 24.9 Å². The summed E-state index contributed by atoms with van der Waals surface area (Å²) in [6.45, 7) is 0.347. The molecule has 37 heavy (non-hydrogen) atoms. The number of benzene rings is 2. The molecule has 0 aromatic heterocycles. The van der Waals surface area contributed by atoms with Crippen molar-refractivity contribution in [3.05, 3.63) is 88.5 Å². The number of nitriles is 1. The molecule has 2 atom stereocenters. The van der Waals surface area contributed by atoms with Gasteiger partial charge in [-0.15, -0.1) is 11.8 Å². The molecule has 0 radical (unpaired) electrons. The molecule has 3 heterocycles. The summed E-state index contributed by atoms with van der Waals surface area (Å²) in [5.74, 6) is -0.845. The molecule has 3 aliphatic heterocycles. The average Bonchev–Trinajstić information content (AvgIpc) is 3.03. The SMILES string of the molecule is C[C@@H](N1CN([C@H]2c3ccccc3CSc3c(C#N)cccc32)N2/C=C\COCC(O)=C2C1=O)C(F)(F)F. The number of carbonyl (C=O) groups excluding carboxylic acids is 1. The van der Waals surface area contributed by atoms with Gasteiger partial charge < -0.3 is 14.7 Å². The Bertz CT molecular complexity index is 1340. The minimum atomic E-state index is -4.68. The van der Waals surface area contributed by atoms with Gasteiger partial charge in [-0.2, -0.15) is 23.4 Å². The topological polar surface area (TPSA) is 80.0 Å². The number of aliphatic hydroxyl groups excluding tert-OH is 1. The summed E-state index contributed by atoms with van der Waals surface area (Å²) >= 11 is 1.49. The standard InChI is InChI=1S/C26H23F3N4O3S/c1-16(26(27,28)29)31-15-33(32-10-5-11-36-13-21(34)23(32)25(31)35)22-19-8-3-2-6-18(19)14-37-24-17(12-30)7-4-9-20(22)24/h2-10,16,22,34H,11,13-15H2,1H3/b10-5-,23-21?/t16-,22+/m1/s1. The summed E-state index contributed by atoms with van der Waals surface area (Å²) in [6, 6.07) is 12.4. The van der Waals surface area contributed by atoms with Crippen LogP contribution in [0.2, 0.25) is 0 Å². The van der Waals surface area contributed by atoms with E-state index in [-0.39, 0.29) is 18.9 Å². The number of fused-ring (bicyclic) bond motifs is 3. The van der Waals surface area contributed by atoms with Crippen molar-refractivity contribution in [3.8, 4) is 6.07 Å². The zero-order valence-corrected chi connectivity index (χ0v) is 20.6. The van der Waals surface area contributed by atoms with Crippen LogP contribution in [0.4, 0.5) is 13.2 Å². The molecule has 2 aromatic rings. The molecule has 0 aliphatic carbocycles. The zero-order valence-electron chi connectivity index (χ0n) is 19.8. The van der Waals surface area contributed by atoms with E-state index >= 15 is 0 Å². The van der Waals surface area contributed by atoms with E-state index in [1.54, 1.807) is 23.2 Å². The lowest BCUT2D eigenvalue weighted by atomic mass is 9.93. The van der Waals surface area contributed by atoms with Gasteiger partial charge in [0.15, 0.2) is 5.70 Å². The van der Waals surface area contributed by atoms with E-state index in [9.17, 15) is 28.3 Å². The molecule has 5 rings (SSSR count). The lowest BCUT2D eigenvalue weighted by Crippen LogP contribution is -2.62. The smallest absolute Gasteiger partial charge is 0.408 e. The number of ether oxygens (including phenoxy) is 1. The number of nitrogens with zero attached hydrogens (tertiary/aromatic N) is 4. The van der Waals surface area contributed by atoms with Gasteiger partial charge in [-0.25, -0.2) is 0 Å². The van der Waals surface area contributed by atoms with Crippen LogP contribution in [0.3, 0.4) is 0 Å². The molecule has 1 saturated heterocycles. The number of hydrogen-bond acceptors (Lipinski definition) is 7. The lowest BCUT2D eigenvalue weighted by molar-refractivity contribution is -0.204. The summed E-state index contributed by atoms with van der Waals surface area (Å²) < 4.78 is 47.0. The Morgan fingerprint density at radius 3 is 2.70 bits per heavy atom. The summed E-state index contributed by atoms with van der Waals surface area (Å²) in [5.41, 5.74) is 2.69. The van der Waals surface area contributed by atoms with Crippen LogP contribution in [0.15, 0.2) is 71.1 Å². The molecular formula is C26H23F3N4O3S. The number of hydrazine groups is 1. The fourth-order valence-corrected chi connectivity index (χ4v) is 5.95. The summed E-state index contributed by atoms with van der Waals surface area (Å²) in [5, 5.41) is 23.7. The van der Waals surface area contributed by atoms with Crippen LogP contribution in [0.1, 0.15) is 35.2 Å². The molecule has 0 saturated carbocycles. The van der Waals surface area contributed by atoms with E-state index in [1.807, 2.05) is 30.3 Å². The fraction of sp³-hybridized carbons (Fsp3) is 0.308. The van der Waals surface area contributed by atoms with Gasteiger partial charge in [-0.05, 0) is 35.8 Å². The Labute approximate surface area is 216 Å². The van der Waals surface area contributed by atoms with Gasteiger partial charge in [0, 0.05) is 16.8 Å². The maximum Gasteiger partial charge on any atom is 0.408 e. The number of carbonyl (C=O) groups is 1. The molecule has 7 nitrogen and oxygen atoms in total. The zero-order chi connectivity index (χ0) is 26.3. The van der Waals surface area contributed by atoms with Crippen LogP contribution in [0, 0.1) is 11.3 Å². The second-order valence-corrected chi connectivity index (χ2v) is 9.82. The van der Waals surface area contributed by atoms with Crippen LogP contribution >= 0.6 is 11.8 Å². The molecule has 3 aliphatic rings. The highest BCUT2D eigenvalue weighted by atomic mass is 32.2. The molecule has 2 aromatic carbocycles. The predicted molar refractivity (Wildman–Crippen MR) is 130 cm³/mol. The largest absolute Gasteiger partial charge is 0.507 e. The highest BCUT2D eigenvalue weighted by molar-refractivity contribution is 7.98. The summed E-state index contributed by atoms with van der Waals surface area (Å²) in [7, 11) is 0.